The number of hydrogen-bond acceptors (Lipinski definition) is 5. The molecule has 0 aliphatic carbocycles. The van der Waals surface area contributed by atoms with Crippen molar-refractivity contribution in [1.29, 1.82) is 0 Å². The second kappa shape index (κ2) is 5.88. The molecule has 0 saturated heterocycles. The van der Waals surface area contributed by atoms with Crippen molar-refractivity contribution in [2.45, 2.75) is 6.92 Å². The fourth-order valence-corrected chi connectivity index (χ4v) is 2.61. The molecule has 1 N–H and O–H groups in total. The summed E-state index contributed by atoms with van der Waals surface area (Å²) in [5.41, 5.74) is 3.77. The molecule has 0 aliphatic heterocycles. The number of nitrogens with zero attached hydrogens (tertiary/aromatic N) is 2. The van der Waals surface area contributed by atoms with Crippen molar-refractivity contribution >= 4 is 33.1 Å². The number of nitrogens with one attached hydrogen (secondary N) is 1. The number of carbonyl (C=O) groups excluding carboxylic acids is 1. The summed E-state index contributed by atoms with van der Waals surface area (Å²) in [7, 11) is 0. The maximum Gasteiger partial charge on any atom is 0.261 e. The van der Waals surface area contributed by atoms with Crippen molar-refractivity contribution in [3.05, 3.63) is 47.6 Å². The zero-order valence-corrected chi connectivity index (χ0v) is 12.2. The van der Waals surface area contributed by atoms with Crippen LogP contribution in [0.3, 0.4) is 0 Å². The van der Waals surface area contributed by atoms with E-state index >= 15 is 0 Å². The van der Waals surface area contributed by atoms with Crippen LogP contribution >= 0.6 is 11.3 Å². The van der Waals surface area contributed by atoms with Gasteiger partial charge < -0.3 is 10.1 Å². The fraction of sp³-hybridized carbons (Fsp3) is 0.133. The molecule has 0 radical (unpaired) electrons. The Labute approximate surface area is 125 Å². The van der Waals surface area contributed by atoms with Gasteiger partial charge in [0.1, 0.15) is 5.56 Å². The molecule has 1 aromatic carbocycles. The molecule has 0 unspecified atom stereocenters. The molecule has 21 heavy (non-hydrogen) atoms. The molecule has 0 spiro atoms. The minimum atomic E-state index is -0.249. The van der Waals surface area contributed by atoms with Crippen LogP contribution in [0.5, 0.6) is 5.88 Å². The average molecular weight is 299 g/mol. The van der Waals surface area contributed by atoms with E-state index in [2.05, 4.69) is 15.3 Å². The van der Waals surface area contributed by atoms with E-state index in [1.54, 1.807) is 35.2 Å². The van der Waals surface area contributed by atoms with Crippen LogP contribution in [0.25, 0.3) is 10.2 Å². The van der Waals surface area contributed by atoms with Gasteiger partial charge >= 0.3 is 0 Å². The molecule has 6 heteroatoms. The first-order valence-corrected chi connectivity index (χ1v) is 7.38. The highest BCUT2D eigenvalue weighted by Gasteiger charge is 2.13. The van der Waals surface area contributed by atoms with Gasteiger partial charge in [-0.1, -0.05) is 0 Å². The summed E-state index contributed by atoms with van der Waals surface area (Å²) in [5, 5.41) is 2.84. The molecule has 0 fully saturated rings. The lowest BCUT2D eigenvalue weighted by Crippen LogP contribution is -2.14. The quantitative estimate of drug-likeness (QED) is 0.802. The van der Waals surface area contributed by atoms with E-state index in [1.807, 2.05) is 25.1 Å². The van der Waals surface area contributed by atoms with Crippen LogP contribution in [-0.2, 0) is 0 Å². The maximum absolute atomic E-state index is 12.3. The van der Waals surface area contributed by atoms with Crippen LogP contribution in [0.15, 0.2) is 42.0 Å². The first kappa shape index (κ1) is 13.5. The Morgan fingerprint density at radius 1 is 1.33 bits per heavy atom. The summed E-state index contributed by atoms with van der Waals surface area (Å²) in [5.74, 6) is 0.0911. The number of thiazole rings is 1. The van der Waals surface area contributed by atoms with Crippen LogP contribution in [0.4, 0.5) is 5.69 Å². The number of hydrogen-bond donors (Lipinski definition) is 1. The molecule has 0 saturated carbocycles. The lowest BCUT2D eigenvalue weighted by Gasteiger charge is -2.09. The zero-order valence-electron chi connectivity index (χ0n) is 11.4. The zero-order chi connectivity index (χ0) is 14.7. The molecule has 5 nitrogen and oxygen atoms in total. The van der Waals surface area contributed by atoms with Gasteiger partial charge in [0.2, 0.25) is 5.88 Å². The van der Waals surface area contributed by atoms with Gasteiger partial charge in [0.15, 0.2) is 0 Å². The van der Waals surface area contributed by atoms with Gasteiger partial charge in [0.05, 0.1) is 22.3 Å². The van der Waals surface area contributed by atoms with Crippen molar-refractivity contribution in [2.24, 2.45) is 0 Å². The molecule has 106 valence electrons. The van der Waals surface area contributed by atoms with Crippen molar-refractivity contribution < 1.29 is 9.53 Å². The Kier molecular flexibility index (Phi) is 3.79. The number of amides is 1. The molecule has 3 rings (SSSR count). The van der Waals surface area contributed by atoms with Crippen molar-refractivity contribution in [3.8, 4) is 5.88 Å². The van der Waals surface area contributed by atoms with Crippen LogP contribution in [0, 0.1) is 0 Å². The normalized spacial score (nSPS) is 10.5. The number of carbonyl (C=O) groups is 1. The third-order valence-corrected chi connectivity index (χ3v) is 3.70. The third-order valence-electron chi connectivity index (χ3n) is 2.89. The van der Waals surface area contributed by atoms with Crippen LogP contribution < -0.4 is 10.1 Å². The van der Waals surface area contributed by atoms with E-state index in [-0.39, 0.29) is 5.91 Å². The van der Waals surface area contributed by atoms with Gasteiger partial charge in [0.25, 0.3) is 5.91 Å². The van der Waals surface area contributed by atoms with Gasteiger partial charge in [-0.2, -0.15) is 0 Å². The van der Waals surface area contributed by atoms with Crippen molar-refractivity contribution in [3.63, 3.8) is 0 Å². The standard InChI is InChI=1S/C15H13N3O2S/c1-2-20-15-11(4-3-7-16-15)14(19)18-10-5-6-13-12(8-10)17-9-21-13/h3-9H,2H2,1H3,(H,18,19). The van der Waals surface area contributed by atoms with Crippen LogP contribution in [-0.4, -0.2) is 22.5 Å². The molecular formula is C15H13N3O2S. The smallest absolute Gasteiger partial charge is 0.261 e. The first-order valence-electron chi connectivity index (χ1n) is 6.50. The highest BCUT2D eigenvalue weighted by atomic mass is 32.1. The Morgan fingerprint density at radius 2 is 2.24 bits per heavy atom. The number of rotatable bonds is 4. The number of ether oxygens (including phenoxy) is 1. The van der Waals surface area contributed by atoms with Gasteiger partial charge in [0, 0.05) is 11.9 Å². The Bertz CT molecular complexity index is 785. The first-order chi connectivity index (χ1) is 10.3. The molecule has 1 amide bonds. The van der Waals surface area contributed by atoms with E-state index in [0.717, 1.165) is 10.2 Å². The lowest BCUT2D eigenvalue weighted by atomic mass is 10.2. The highest BCUT2D eigenvalue weighted by molar-refractivity contribution is 7.16. The predicted octanol–water partition coefficient (Wildman–Crippen LogP) is 3.34. The van der Waals surface area contributed by atoms with Crippen LogP contribution in [0.1, 0.15) is 17.3 Å². The third kappa shape index (κ3) is 2.85. The van der Waals surface area contributed by atoms with E-state index in [4.69, 9.17) is 4.74 Å². The summed E-state index contributed by atoms with van der Waals surface area (Å²) in [4.78, 5) is 20.7. The summed E-state index contributed by atoms with van der Waals surface area (Å²) >= 11 is 1.57. The minimum Gasteiger partial charge on any atom is -0.477 e. The van der Waals surface area contributed by atoms with Gasteiger partial charge in [-0.05, 0) is 37.3 Å². The SMILES string of the molecule is CCOc1ncccc1C(=O)Nc1ccc2scnc2c1. The monoisotopic (exact) mass is 299 g/mol. The maximum atomic E-state index is 12.3. The summed E-state index contributed by atoms with van der Waals surface area (Å²) < 4.78 is 6.46. The van der Waals surface area contributed by atoms with Gasteiger partial charge in [-0.25, -0.2) is 9.97 Å². The van der Waals surface area contributed by atoms with E-state index < -0.39 is 0 Å². The van der Waals surface area contributed by atoms with Gasteiger partial charge in [-0.15, -0.1) is 11.3 Å². The Morgan fingerprint density at radius 3 is 3.10 bits per heavy atom. The number of pyridine rings is 1. The van der Waals surface area contributed by atoms with Crippen LogP contribution in [0.2, 0.25) is 0 Å². The second-order valence-corrected chi connectivity index (χ2v) is 5.16. The van der Waals surface area contributed by atoms with Crippen molar-refractivity contribution in [2.75, 3.05) is 11.9 Å². The average Bonchev–Trinajstić information content (AvgIpc) is 2.95. The number of fused-ring (bicyclic) bond motifs is 1. The molecule has 0 atom stereocenters. The Hall–Kier alpha value is -2.47. The van der Waals surface area contributed by atoms with E-state index in [1.165, 1.54) is 0 Å². The van der Waals surface area contributed by atoms with E-state index in [9.17, 15) is 4.79 Å². The number of benzene rings is 1. The molecule has 3 aromatic rings. The summed E-state index contributed by atoms with van der Waals surface area (Å²) in [6, 6.07) is 9.04. The minimum absolute atomic E-state index is 0.249. The predicted molar refractivity (Wildman–Crippen MR) is 83.0 cm³/mol. The Balaban J connectivity index is 1.85. The van der Waals surface area contributed by atoms with E-state index in [0.29, 0.717) is 23.7 Å². The molecule has 2 heterocycles. The summed E-state index contributed by atoms with van der Waals surface area (Å²) in [6.07, 6.45) is 1.60. The molecule has 0 bridgehead atoms. The number of aromatic nitrogens is 2. The van der Waals surface area contributed by atoms with Gasteiger partial charge in [-0.3, -0.25) is 4.79 Å². The topological polar surface area (TPSA) is 64.1 Å². The highest BCUT2D eigenvalue weighted by Crippen LogP contribution is 2.22. The fourth-order valence-electron chi connectivity index (χ4n) is 1.95. The molecule has 2 aromatic heterocycles. The number of anilines is 1. The largest absolute Gasteiger partial charge is 0.477 e. The molecule has 0 aliphatic rings. The second-order valence-electron chi connectivity index (χ2n) is 4.28. The molecular weight excluding hydrogens is 286 g/mol. The summed E-state index contributed by atoms with van der Waals surface area (Å²) in [6.45, 7) is 2.31. The van der Waals surface area contributed by atoms with Crippen molar-refractivity contribution in [1.82, 2.24) is 9.97 Å². The lowest BCUT2D eigenvalue weighted by molar-refractivity contribution is 0.102.